The molecule has 0 aliphatic carbocycles. The Labute approximate surface area is 265 Å². The molecule has 2 amide bonds. The summed E-state index contributed by atoms with van der Waals surface area (Å²) in [4.78, 5) is 46.5. The lowest BCUT2D eigenvalue weighted by Gasteiger charge is -2.25. The molecule has 1 unspecified atom stereocenters. The van der Waals surface area contributed by atoms with Gasteiger partial charge in [-0.2, -0.15) is 4.98 Å². The Morgan fingerprint density at radius 2 is 1.51 bits per heavy atom. The van der Waals surface area contributed by atoms with Crippen molar-refractivity contribution < 1.29 is 19.1 Å². The second-order valence-corrected chi connectivity index (χ2v) is 11.3. The molecular weight excluding hydrogens is 592 g/mol. The molecule has 0 aliphatic rings. The summed E-state index contributed by atoms with van der Waals surface area (Å²) in [6, 6.07) is 28.7. The number of rotatable bonds is 11. The van der Waals surface area contributed by atoms with Crippen LogP contribution >= 0.6 is 11.6 Å². The zero-order chi connectivity index (χ0) is 31.9. The minimum atomic E-state index is -1.07. The van der Waals surface area contributed by atoms with Crippen LogP contribution in [-0.2, 0) is 30.8 Å². The zero-order valence-corrected chi connectivity index (χ0v) is 25.7. The molecule has 0 spiro atoms. The number of hydrogen-bond donors (Lipinski definition) is 2. The van der Waals surface area contributed by atoms with Gasteiger partial charge in [0.2, 0.25) is 5.91 Å². The third-order valence-corrected chi connectivity index (χ3v) is 8.01. The number of nitrogens with one attached hydrogen (secondary N) is 1. The number of anilines is 1. The number of carboxylic acid groups (broad SMARTS) is 1. The van der Waals surface area contributed by atoms with Crippen LogP contribution in [0.1, 0.15) is 27.8 Å². The van der Waals surface area contributed by atoms with Gasteiger partial charge in [-0.1, -0.05) is 96.5 Å². The van der Waals surface area contributed by atoms with Gasteiger partial charge in [-0.15, -0.1) is 0 Å². The monoisotopic (exact) mass is 624 g/mol. The second kappa shape index (κ2) is 14.1. The van der Waals surface area contributed by atoms with Crippen LogP contribution in [0.2, 0.25) is 5.02 Å². The van der Waals surface area contributed by atoms with Crippen molar-refractivity contribution in [1.29, 1.82) is 0 Å². The predicted molar refractivity (Wildman–Crippen MR) is 174 cm³/mol. The van der Waals surface area contributed by atoms with E-state index in [4.69, 9.17) is 16.0 Å². The van der Waals surface area contributed by atoms with Gasteiger partial charge in [-0.25, -0.2) is 9.59 Å². The molecule has 1 heterocycles. The molecule has 1 aromatic heterocycles. The van der Waals surface area contributed by atoms with Gasteiger partial charge in [-0.05, 0) is 46.9 Å². The fourth-order valence-electron chi connectivity index (χ4n) is 5.22. The normalized spacial score (nSPS) is 11.6. The molecule has 10 heteroatoms. The highest BCUT2D eigenvalue weighted by atomic mass is 35.5. The first-order valence-electron chi connectivity index (χ1n) is 14.4. The maximum absolute atomic E-state index is 13.7. The third kappa shape index (κ3) is 7.69. The van der Waals surface area contributed by atoms with E-state index in [2.05, 4.69) is 10.3 Å². The van der Waals surface area contributed by atoms with Crippen LogP contribution in [0.4, 0.5) is 10.8 Å². The van der Waals surface area contributed by atoms with Gasteiger partial charge in [-0.3, -0.25) is 9.69 Å². The van der Waals surface area contributed by atoms with Gasteiger partial charge >= 0.3 is 11.7 Å². The van der Waals surface area contributed by atoms with E-state index in [1.807, 2.05) is 78.9 Å². The number of hydrogen-bond acceptors (Lipinski definition) is 6. The number of carbonyl (C=O) groups excluding carboxylic acids is 1. The summed E-state index contributed by atoms with van der Waals surface area (Å²) in [5, 5.41) is 13.7. The molecule has 2 N–H and O–H groups in total. The minimum Gasteiger partial charge on any atom is -0.465 e. The quantitative estimate of drug-likeness (QED) is 0.172. The summed E-state index contributed by atoms with van der Waals surface area (Å²) in [7, 11) is 1.69. The van der Waals surface area contributed by atoms with E-state index in [0.29, 0.717) is 34.6 Å². The maximum atomic E-state index is 13.7. The maximum Gasteiger partial charge on any atom is 0.407 e. The summed E-state index contributed by atoms with van der Waals surface area (Å²) < 4.78 is 5.61. The van der Waals surface area contributed by atoms with Crippen molar-refractivity contribution in [2.24, 2.45) is 0 Å². The zero-order valence-electron chi connectivity index (χ0n) is 24.9. The molecule has 45 heavy (non-hydrogen) atoms. The SMILES string of the molecule is Cc1c(CN(Cc2ccccc2)C(=O)O)ccc2nc(NC(Cc3ccccc3)C(=O)N(C)Cc3ccccc3Cl)oc(=O)c12. The molecule has 0 fully saturated rings. The first-order chi connectivity index (χ1) is 21.7. The molecule has 0 bridgehead atoms. The van der Waals surface area contributed by atoms with Crippen molar-refractivity contribution in [1.82, 2.24) is 14.8 Å². The predicted octanol–water partition coefficient (Wildman–Crippen LogP) is 6.51. The lowest BCUT2D eigenvalue weighted by atomic mass is 10.0. The van der Waals surface area contributed by atoms with E-state index in [0.717, 1.165) is 16.7 Å². The van der Waals surface area contributed by atoms with Crippen LogP contribution in [-0.4, -0.2) is 45.0 Å². The summed E-state index contributed by atoms with van der Waals surface area (Å²) in [6.07, 6.45) is -0.753. The smallest absolute Gasteiger partial charge is 0.407 e. The van der Waals surface area contributed by atoms with Crippen LogP contribution in [0.5, 0.6) is 0 Å². The Kier molecular flexibility index (Phi) is 9.79. The van der Waals surface area contributed by atoms with Crippen molar-refractivity contribution in [3.05, 3.63) is 140 Å². The Morgan fingerprint density at radius 1 is 0.867 bits per heavy atom. The number of carbonyl (C=O) groups is 2. The molecular formula is C35H33ClN4O5. The van der Waals surface area contributed by atoms with Gasteiger partial charge in [0, 0.05) is 38.1 Å². The highest BCUT2D eigenvalue weighted by Crippen LogP contribution is 2.23. The number of fused-ring (bicyclic) bond motifs is 1. The van der Waals surface area contributed by atoms with Crippen LogP contribution in [0, 0.1) is 6.92 Å². The molecule has 4 aromatic carbocycles. The minimum absolute atomic E-state index is 0.0802. The molecule has 230 valence electrons. The van der Waals surface area contributed by atoms with Gasteiger partial charge in [0.1, 0.15) is 6.04 Å². The lowest BCUT2D eigenvalue weighted by molar-refractivity contribution is -0.131. The molecule has 0 aliphatic heterocycles. The van der Waals surface area contributed by atoms with E-state index in [1.165, 1.54) is 4.90 Å². The van der Waals surface area contributed by atoms with Crippen molar-refractivity contribution in [2.45, 2.75) is 39.0 Å². The average Bonchev–Trinajstić information content (AvgIpc) is 3.03. The lowest BCUT2D eigenvalue weighted by Crippen LogP contribution is -2.42. The number of nitrogens with zero attached hydrogens (tertiary/aromatic N) is 3. The van der Waals surface area contributed by atoms with Crippen LogP contribution in [0.15, 0.2) is 106 Å². The van der Waals surface area contributed by atoms with E-state index in [9.17, 15) is 19.5 Å². The first-order valence-corrected chi connectivity index (χ1v) is 14.8. The molecule has 1 atom stereocenters. The Morgan fingerprint density at radius 3 is 2.18 bits per heavy atom. The topological polar surface area (TPSA) is 116 Å². The van der Waals surface area contributed by atoms with Crippen molar-refractivity contribution in [3.8, 4) is 0 Å². The molecule has 0 saturated heterocycles. The summed E-state index contributed by atoms with van der Waals surface area (Å²) >= 11 is 6.34. The summed E-state index contributed by atoms with van der Waals surface area (Å²) in [5.74, 6) is -0.234. The molecule has 5 rings (SSSR count). The summed E-state index contributed by atoms with van der Waals surface area (Å²) in [6.45, 7) is 2.32. The second-order valence-electron chi connectivity index (χ2n) is 10.8. The van der Waals surface area contributed by atoms with Crippen molar-refractivity contribution >= 4 is 40.5 Å². The number of aryl methyl sites for hydroxylation is 1. The van der Waals surface area contributed by atoms with E-state index < -0.39 is 17.8 Å². The van der Waals surface area contributed by atoms with Crippen LogP contribution < -0.4 is 10.9 Å². The molecule has 0 saturated carbocycles. The van der Waals surface area contributed by atoms with Gasteiger partial charge in [0.15, 0.2) is 0 Å². The van der Waals surface area contributed by atoms with Gasteiger partial charge in [0.05, 0.1) is 10.9 Å². The van der Waals surface area contributed by atoms with Crippen LogP contribution in [0.3, 0.4) is 0 Å². The highest BCUT2D eigenvalue weighted by Gasteiger charge is 2.25. The fraction of sp³-hybridized carbons (Fsp3) is 0.200. The Bertz CT molecular complexity index is 1860. The van der Waals surface area contributed by atoms with Crippen molar-refractivity contribution in [3.63, 3.8) is 0 Å². The van der Waals surface area contributed by atoms with E-state index in [-0.39, 0.29) is 30.4 Å². The van der Waals surface area contributed by atoms with E-state index in [1.54, 1.807) is 37.1 Å². The molecule has 9 nitrogen and oxygen atoms in total. The van der Waals surface area contributed by atoms with Gasteiger partial charge in [0.25, 0.3) is 6.01 Å². The number of halogens is 1. The molecule has 0 radical (unpaired) electrons. The number of aromatic nitrogens is 1. The van der Waals surface area contributed by atoms with Gasteiger partial charge < -0.3 is 19.7 Å². The van der Waals surface area contributed by atoms with Crippen LogP contribution in [0.25, 0.3) is 10.9 Å². The standard InChI is InChI=1S/C35H33ClN4O5/c1-23-26(22-40(35(43)44)20-25-13-7-4-8-14-25)17-18-29-31(23)33(42)45-34(37-29)38-30(19-24-11-5-3-6-12-24)32(41)39(2)21-27-15-9-10-16-28(27)36/h3-18,30H,19-22H2,1-2H3,(H,37,38)(H,43,44). The Balaban J connectivity index is 1.41. The Hall–Kier alpha value is -5.15. The van der Waals surface area contributed by atoms with E-state index >= 15 is 0 Å². The fourth-order valence-corrected chi connectivity index (χ4v) is 5.42. The highest BCUT2D eigenvalue weighted by molar-refractivity contribution is 6.31. The third-order valence-electron chi connectivity index (χ3n) is 7.64. The number of benzene rings is 4. The largest absolute Gasteiger partial charge is 0.465 e. The summed E-state index contributed by atoms with van der Waals surface area (Å²) in [5.41, 5.74) is 3.55. The number of likely N-dealkylation sites (N-methyl/N-ethyl adjacent to an activating group) is 1. The number of amides is 2. The average molecular weight is 625 g/mol. The molecule has 5 aromatic rings. The van der Waals surface area contributed by atoms with Crippen molar-refractivity contribution in [2.75, 3.05) is 12.4 Å². The first kappa shape index (κ1) is 31.3.